The van der Waals surface area contributed by atoms with Crippen LogP contribution in [0.25, 0.3) is 0 Å². The zero-order valence-corrected chi connectivity index (χ0v) is 11.2. The van der Waals surface area contributed by atoms with Gasteiger partial charge in [-0.2, -0.15) is 0 Å². The number of ether oxygens (including phenoxy) is 2. The van der Waals surface area contributed by atoms with Crippen molar-refractivity contribution in [3.8, 4) is 0 Å². The molecular weight excluding hydrogens is 218 g/mol. The summed E-state index contributed by atoms with van der Waals surface area (Å²) in [5, 5.41) is 2.94. The van der Waals surface area contributed by atoms with Crippen molar-refractivity contribution in [2.45, 2.75) is 51.7 Å². The fraction of sp³-hybridized carbons (Fsp3) is 0.923. The van der Waals surface area contributed by atoms with Gasteiger partial charge in [0.1, 0.15) is 6.04 Å². The lowest BCUT2D eigenvalue weighted by molar-refractivity contribution is -0.148. The van der Waals surface area contributed by atoms with E-state index in [0.29, 0.717) is 25.2 Å². The number of carbonyl (C=O) groups excluding carboxylic acids is 1. The summed E-state index contributed by atoms with van der Waals surface area (Å²) in [6, 6.07) is -0.343. The van der Waals surface area contributed by atoms with Gasteiger partial charge in [0.15, 0.2) is 0 Å². The molecule has 0 heterocycles. The molecule has 17 heavy (non-hydrogen) atoms. The first kappa shape index (κ1) is 14.5. The van der Waals surface area contributed by atoms with Gasteiger partial charge in [0.2, 0.25) is 0 Å². The Labute approximate surface area is 104 Å². The summed E-state index contributed by atoms with van der Waals surface area (Å²) in [6.07, 6.45) is 5.18. The molecule has 1 aliphatic rings. The second-order valence-corrected chi connectivity index (χ2v) is 4.73. The molecule has 1 saturated carbocycles. The topological polar surface area (TPSA) is 47.6 Å². The van der Waals surface area contributed by atoms with Gasteiger partial charge in [-0.15, -0.1) is 0 Å². The van der Waals surface area contributed by atoms with Crippen molar-refractivity contribution < 1.29 is 14.3 Å². The first-order valence-electron chi connectivity index (χ1n) is 6.64. The van der Waals surface area contributed by atoms with E-state index in [1.165, 1.54) is 19.3 Å². The smallest absolute Gasteiger partial charge is 0.325 e. The predicted octanol–water partition coefficient (Wildman–Crippen LogP) is 1.73. The summed E-state index contributed by atoms with van der Waals surface area (Å²) >= 11 is 0. The van der Waals surface area contributed by atoms with Crippen LogP contribution in [0.15, 0.2) is 0 Å². The molecule has 0 aromatic carbocycles. The van der Waals surface area contributed by atoms with Crippen molar-refractivity contribution in [1.29, 1.82) is 0 Å². The normalized spacial score (nSPS) is 26.5. The number of rotatable bonds is 6. The van der Waals surface area contributed by atoms with Crippen LogP contribution in [-0.4, -0.2) is 38.4 Å². The molecule has 4 heteroatoms. The highest BCUT2D eigenvalue weighted by Crippen LogP contribution is 2.26. The van der Waals surface area contributed by atoms with Crippen molar-refractivity contribution in [2.24, 2.45) is 5.92 Å². The summed E-state index contributed by atoms with van der Waals surface area (Å²) in [5.74, 6) is 0.377. The van der Waals surface area contributed by atoms with Gasteiger partial charge in [0.25, 0.3) is 0 Å². The second kappa shape index (κ2) is 7.67. The van der Waals surface area contributed by atoms with E-state index in [1.807, 2.05) is 6.92 Å². The van der Waals surface area contributed by atoms with E-state index < -0.39 is 0 Å². The lowest BCUT2D eigenvalue weighted by Crippen LogP contribution is -2.41. The highest BCUT2D eigenvalue weighted by Gasteiger charge is 2.25. The van der Waals surface area contributed by atoms with Crippen LogP contribution < -0.4 is 5.32 Å². The molecule has 3 unspecified atom stereocenters. The van der Waals surface area contributed by atoms with Crippen LogP contribution in [0.3, 0.4) is 0 Å². The first-order chi connectivity index (χ1) is 8.19. The maximum absolute atomic E-state index is 11.6. The Balaban J connectivity index is 2.33. The highest BCUT2D eigenvalue weighted by molar-refractivity contribution is 5.75. The van der Waals surface area contributed by atoms with Gasteiger partial charge in [0, 0.05) is 0 Å². The van der Waals surface area contributed by atoms with Gasteiger partial charge in [-0.05, 0) is 32.7 Å². The SMILES string of the molecule is CCOC(=O)C(COC1CCCCC1C)NC. The average molecular weight is 243 g/mol. The third-order valence-electron chi connectivity index (χ3n) is 3.43. The zero-order valence-electron chi connectivity index (χ0n) is 11.2. The third kappa shape index (κ3) is 4.64. The lowest BCUT2D eigenvalue weighted by atomic mass is 9.88. The molecule has 0 spiro atoms. The number of hydrogen-bond acceptors (Lipinski definition) is 4. The summed E-state index contributed by atoms with van der Waals surface area (Å²) < 4.78 is 10.8. The third-order valence-corrected chi connectivity index (χ3v) is 3.43. The molecule has 0 bridgehead atoms. The minimum Gasteiger partial charge on any atom is -0.465 e. The molecule has 1 fully saturated rings. The number of esters is 1. The number of hydrogen-bond donors (Lipinski definition) is 1. The fourth-order valence-electron chi connectivity index (χ4n) is 2.26. The summed E-state index contributed by atoms with van der Waals surface area (Å²) in [7, 11) is 1.76. The van der Waals surface area contributed by atoms with Crippen molar-refractivity contribution in [3.05, 3.63) is 0 Å². The fourth-order valence-corrected chi connectivity index (χ4v) is 2.26. The average Bonchev–Trinajstić information content (AvgIpc) is 2.32. The zero-order chi connectivity index (χ0) is 12.7. The van der Waals surface area contributed by atoms with Crippen LogP contribution in [0.2, 0.25) is 0 Å². The first-order valence-corrected chi connectivity index (χ1v) is 6.64. The monoisotopic (exact) mass is 243 g/mol. The number of likely N-dealkylation sites (N-methyl/N-ethyl adjacent to an activating group) is 1. The Morgan fingerprint density at radius 1 is 1.41 bits per heavy atom. The summed E-state index contributed by atoms with van der Waals surface area (Å²) in [6.45, 7) is 4.86. The van der Waals surface area contributed by atoms with Crippen molar-refractivity contribution in [2.75, 3.05) is 20.3 Å². The Hall–Kier alpha value is -0.610. The Kier molecular flexibility index (Phi) is 6.52. The summed E-state index contributed by atoms with van der Waals surface area (Å²) in [5.41, 5.74) is 0. The molecule has 0 amide bonds. The van der Waals surface area contributed by atoms with E-state index in [1.54, 1.807) is 7.05 Å². The molecule has 0 saturated heterocycles. The van der Waals surface area contributed by atoms with Crippen LogP contribution in [0, 0.1) is 5.92 Å². The molecule has 0 radical (unpaired) electrons. The molecule has 0 aromatic rings. The van der Waals surface area contributed by atoms with E-state index in [0.717, 1.165) is 6.42 Å². The van der Waals surface area contributed by atoms with E-state index in [4.69, 9.17) is 9.47 Å². The second-order valence-electron chi connectivity index (χ2n) is 4.73. The van der Waals surface area contributed by atoms with Crippen LogP contribution in [0.4, 0.5) is 0 Å². The largest absolute Gasteiger partial charge is 0.465 e. The van der Waals surface area contributed by atoms with E-state index >= 15 is 0 Å². The molecule has 1 rings (SSSR count). The molecule has 0 aliphatic heterocycles. The van der Waals surface area contributed by atoms with Crippen molar-refractivity contribution in [3.63, 3.8) is 0 Å². The summed E-state index contributed by atoms with van der Waals surface area (Å²) in [4.78, 5) is 11.6. The van der Waals surface area contributed by atoms with Gasteiger partial charge in [-0.3, -0.25) is 4.79 Å². The van der Waals surface area contributed by atoms with Crippen LogP contribution in [-0.2, 0) is 14.3 Å². The molecular formula is C13H25NO3. The van der Waals surface area contributed by atoms with Gasteiger partial charge in [-0.1, -0.05) is 19.8 Å². The minimum atomic E-state index is -0.343. The van der Waals surface area contributed by atoms with E-state index in [-0.39, 0.29) is 12.0 Å². The predicted molar refractivity (Wildman–Crippen MR) is 66.9 cm³/mol. The lowest BCUT2D eigenvalue weighted by Gasteiger charge is -2.29. The van der Waals surface area contributed by atoms with Gasteiger partial charge < -0.3 is 14.8 Å². The Morgan fingerprint density at radius 2 is 2.12 bits per heavy atom. The van der Waals surface area contributed by atoms with E-state index in [2.05, 4.69) is 12.2 Å². The number of nitrogens with one attached hydrogen (secondary N) is 1. The number of carbonyl (C=O) groups is 1. The van der Waals surface area contributed by atoms with Crippen molar-refractivity contribution in [1.82, 2.24) is 5.32 Å². The molecule has 100 valence electrons. The standard InChI is InChI=1S/C13H25NO3/c1-4-16-13(15)11(14-3)9-17-12-8-6-5-7-10(12)2/h10-12,14H,4-9H2,1-3H3. The van der Waals surface area contributed by atoms with Crippen LogP contribution in [0.5, 0.6) is 0 Å². The van der Waals surface area contributed by atoms with Crippen LogP contribution >= 0.6 is 0 Å². The Bertz CT molecular complexity index is 233. The van der Waals surface area contributed by atoms with Crippen molar-refractivity contribution >= 4 is 5.97 Å². The molecule has 3 atom stereocenters. The molecule has 1 aliphatic carbocycles. The maximum atomic E-state index is 11.6. The Morgan fingerprint density at radius 3 is 2.71 bits per heavy atom. The van der Waals surface area contributed by atoms with Crippen LogP contribution in [0.1, 0.15) is 39.5 Å². The molecule has 0 aromatic heterocycles. The van der Waals surface area contributed by atoms with Gasteiger partial charge >= 0.3 is 5.97 Å². The maximum Gasteiger partial charge on any atom is 0.325 e. The highest BCUT2D eigenvalue weighted by atomic mass is 16.5. The molecule has 1 N–H and O–H groups in total. The van der Waals surface area contributed by atoms with E-state index in [9.17, 15) is 4.79 Å². The van der Waals surface area contributed by atoms with Gasteiger partial charge in [0.05, 0.1) is 19.3 Å². The van der Waals surface area contributed by atoms with Gasteiger partial charge in [-0.25, -0.2) is 0 Å². The minimum absolute atomic E-state index is 0.224. The quantitative estimate of drug-likeness (QED) is 0.722. The molecule has 4 nitrogen and oxygen atoms in total.